The predicted octanol–water partition coefficient (Wildman–Crippen LogP) is 3.16. The highest BCUT2D eigenvalue weighted by molar-refractivity contribution is 6.42. The molecule has 1 aromatic carbocycles. The van der Waals surface area contributed by atoms with Crippen LogP contribution in [0.25, 0.3) is 0 Å². The number of rotatable bonds is 3. The first-order valence-corrected chi connectivity index (χ1v) is 4.94. The van der Waals surface area contributed by atoms with Crippen molar-refractivity contribution in [2.75, 3.05) is 6.61 Å². The standard InChI is InChI=1S/C10H12Cl2O/c1-7(6-13)4-8-2-3-9(11)10(12)5-8/h2-3,5,7,13H,4,6H2,1H3. The van der Waals surface area contributed by atoms with Crippen LogP contribution in [0.5, 0.6) is 0 Å². The van der Waals surface area contributed by atoms with Crippen molar-refractivity contribution in [3.8, 4) is 0 Å². The Morgan fingerprint density at radius 1 is 1.31 bits per heavy atom. The van der Waals surface area contributed by atoms with Gasteiger partial charge in [0.2, 0.25) is 0 Å². The van der Waals surface area contributed by atoms with Crippen molar-refractivity contribution in [1.82, 2.24) is 0 Å². The first-order chi connectivity index (χ1) is 6.13. The van der Waals surface area contributed by atoms with Gasteiger partial charge >= 0.3 is 0 Å². The molecular weight excluding hydrogens is 207 g/mol. The summed E-state index contributed by atoms with van der Waals surface area (Å²) >= 11 is 11.6. The van der Waals surface area contributed by atoms with Gasteiger partial charge in [0.15, 0.2) is 0 Å². The van der Waals surface area contributed by atoms with Gasteiger partial charge in [-0.1, -0.05) is 36.2 Å². The molecule has 72 valence electrons. The van der Waals surface area contributed by atoms with E-state index in [2.05, 4.69) is 0 Å². The predicted molar refractivity (Wildman–Crippen MR) is 56.4 cm³/mol. The van der Waals surface area contributed by atoms with Crippen molar-refractivity contribution in [3.05, 3.63) is 33.8 Å². The normalized spacial score (nSPS) is 12.9. The monoisotopic (exact) mass is 218 g/mol. The molecule has 1 nitrogen and oxygen atoms in total. The summed E-state index contributed by atoms with van der Waals surface area (Å²) in [6.45, 7) is 2.18. The van der Waals surface area contributed by atoms with Gasteiger partial charge in [-0.05, 0) is 30.0 Å². The molecule has 0 aliphatic heterocycles. The highest BCUT2D eigenvalue weighted by Crippen LogP contribution is 2.23. The molecule has 13 heavy (non-hydrogen) atoms. The van der Waals surface area contributed by atoms with Crippen LogP contribution in [0.3, 0.4) is 0 Å². The summed E-state index contributed by atoms with van der Waals surface area (Å²) in [5.41, 5.74) is 1.11. The van der Waals surface area contributed by atoms with Crippen molar-refractivity contribution in [2.24, 2.45) is 5.92 Å². The minimum Gasteiger partial charge on any atom is -0.396 e. The molecule has 3 heteroatoms. The number of hydrogen-bond acceptors (Lipinski definition) is 1. The third-order valence-corrected chi connectivity index (χ3v) is 2.62. The Kier molecular flexibility index (Phi) is 4.04. The van der Waals surface area contributed by atoms with Crippen LogP contribution in [-0.4, -0.2) is 11.7 Å². The quantitative estimate of drug-likeness (QED) is 0.827. The van der Waals surface area contributed by atoms with E-state index < -0.39 is 0 Å². The minimum absolute atomic E-state index is 0.195. The number of aliphatic hydroxyl groups is 1. The molecule has 1 N–H and O–H groups in total. The van der Waals surface area contributed by atoms with Gasteiger partial charge in [0, 0.05) is 6.61 Å². The van der Waals surface area contributed by atoms with Crippen molar-refractivity contribution < 1.29 is 5.11 Å². The lowest BCUT2D eigenvalue weighted by atomic mass is 10.0. The van der Waals surface area contributed by atoms with Gasteiger partial charge in [0.1, 0.15) is 0 Å². The van der Waals surface area contributed by atoms with E-state index in [0.717, 1.165) is 12.0 Å². The molecule has 0 fully saturated rings. The van der Waals surface area contributed by atoms with Crippen LogP contribution in [0, 0.1) is 5.92 Å². The Hall–Kier alpha value is -0.240. The van der Waals surface area contributed by atoms with Gasteiger partial charge in [0.25, 0.3) is 0 Å². The molecule has 0 saturated carbocycles. The van der Waals surface area contributed by atoms with E-state index in [0.29, 0.717) is 10.0 Å². The van der Waals surface area contributed by atoms with Crippen LogP contribution in [0.1, 0.15) is 12.5 Å². The molecule has 0 bridgehead atoms. The topological polar surface area (TPSA) is 20.2 Å². The molecule has 1 rings (SSSR count). The second kappa shape index (κ2) is 4.85. The van der Waals surface area contributed by atoms with E-state index in [-0.39, 0.29) is 12.5 Å². The summed E-state index contributed by atoms with van der Waals surface area (Å²) in [6.07, 6.45) is 0.827. The van der Waals surface area contributed by atoms with E-state index in [1.54, 1.807) is 6.07 Å². The zero-order valence-corrected chi connectivity index (χ0v) is 8.94. The van der Waals surface area contributed by atoms with E-state index >= 15 is 0 Å². The summed E-state index contributed by atoms with van der Waals surface area (Å²) in [5.74, 6) is 0.261. The summed E-state index contributed by atoms with van der Waals surface area (Å²) in [6, 6.07) is 5.56. The van der Waals surface area contributed by atoms with E-state index in [4.69, 9.17) is 28.3 Å². The number of aliphatic hydroxyl groups excluding tert-OH is 1. The maximum absolute atomic E-state index is 8.86. The van der Waals surface area contributed by atoms with Gasteiger partial charge in [-0.2, -0.15) is 0 Å². The fourth-order valence-corrected chi connectivity index (χ4v) is 1.45. The molecule has 0 aliphatic rings. The second-order valence-corrected chi connectivity index (χ2v) is 4.05. The maximum Gasteiger partial charge on any atom is 0.0595 e. The lowest BCUT2D eigenvalue weighted by molar-refractivity contribution is 0.237. The molecule has 1 unspecified atom stereocenters. The Labute approximate surface area is 88.3 Å². The summed E-state index contributed by atoms with van der Waals surface area (Å²) in [5, 5.41) is 10.0. The van der Waals surface area contributed by atoms with Crippen LogP contribution >= 0.6 is 23.2 Å². The second-order valence-electron chi connectivity index (χ2n) is 3.24. The van der Waals surface area contributed by atoms with Crippen LogP contribution in [-0.2, 0) is 6.42 Å². The highest BCUT2D eigenvalue weighted by atomic mass is 35.5. The molecular formula is C10H12Cl2O. The maximum atomic E-state index is 8.86. The first kappa shape index (κ1) is 10.8. The molecule has 0 spiro atoms. The van der Waals surface area contributed by atoms with Crippen molar-refractivity contribution in [1.29, 1.82) is 0 Å². The fourth-order valence-electron chi connectivity index (χ4n) is 1.13. The van der Waals surface area contributed by atoms with E-state index in [9.17, 15) is 0 Å². The molecule has 0 saturated heterocycles. The van der Waals surface area contributed by atoms with Crippen LogP contribution in [0.4, 0.5) is 0 Å². The number of benzene rings is 1. The van der Waals surface area contributed by atoms with Crippen molar-refractivity contribution in [3.63, 3.8) is 0 Å². The average Bonchev–Trinajstić information content (AvgIpc) is 2.11. The Morgan fingerprint density at radius 3 is 2.54 bits per heavy atom. The summed E-state index contributed by atoms with van der Waals surface area (Å²) in [4.78, 5) is 0. The number of halogens is 2. The molecule has 0 radical (unpaired) electrons. The van der Waals surface area contributed by atoms with E-state index in [1.807, 2.05) is 19.1 Å². The molecule has 1 aromatic rings. The lowest BCUT2D eigenvalue weighted by Crippen LogP contribution is -2.04. The lowest BCUT2D eigenvalue weighted by Gasteiger charge is -2.08. The SMILES string of the molecule is CC(CO)Cc1ccc(Cl)c(Cl)c1. The summed E-state index contributed by atoms with van der Waals surface area (Å²) in [7, 11) is 0. The Bertz CT molecular complexity index is 286. The van der Waals surface area contributed by atoms with Gasteiger partial charge in [-0.3, -0.25) is 0 Å². The largest absolute Gasteiger partial charge is 0.396 e. The van der Waals surface area contributed by atoms with Gasteiger partial charge in [-0.15, -0.1) is 0 Å². The molecule has 0 heterocycles. The Morgan fingerprint density at radius 2 is 2.00 bits per heavy atom. The Balaban J connectivity index is 2.73. The van der Waals surface area contributed by atoms with Crippen molar-refractivity contribution >= 4 is 23.2 Å². The zero-order valence-electron chi connectivity index (χ0n) is 7.43. The third-order valence-electron chi connectivity index (χ3n) is 1.88. The van der Waals surface area contributed by atoms with E-state index in [1.165, 1.54) is 0 Å². The van der Waals surface area contributed by atoms with Crippen LogP contribution in [0.2, 0.25) is 10.0 Å². The highest BCUT2D eigenvalue weighted by Gasteiger charge is 2.04. The van der Waals surface area contributed by atoms with Crippen molar-refractivity contribution in [2.45, 2.75) is 13.3 Å². The molecule has 0 aromatic heterocycles. The third kappa shape index (κ3) is 3.18. The smallest absolute Gasteiger partial charge is 0.0595 e. The molecule has 0 aliphatic carbocycles. The molecule has 0 amide bonds. The first-order valence-electron chi connectivity index (χ1n) is 4.18. The van der Waals surface area contributed by atoms with Crippen LogP contribution < -0.4 is 0 Å². The van der Waals surface area contributed by atoms with Crippen LogP contribution in [0.15, 0.2) is 18.2 Å². The van der Waals surface area contributed by atoms with Gasteiger partial charge < -0.3 is 5.11 Å². The zero-order chi connectivity index (χ0) is 9.84. The number of hydrogen-bond donors (Lipinski definition) is 1. The van der Waals surface area contributed by atoms with Gasteiger partial charge in [-0.25, -0.2) is 0 Å². The minimum atomic E-state index is 0.195. The molecule has 1 atom stereocenters. The fraction of sp³-hybridized carbons (Fsp3) is 0.400. The van der Waals surface area contributed by atoms with Gasteiger partial charge in [0.05, 0.1) is 10.0 Å². The summed E-state index contributed by atoms with van der Waals surface area (Å²) < 4.78 is 0. The average molecular weight is 219 g/mol.